The first-order chi connectivity index (χ1) is 7.91. The Hall–Kier alpha value is -0.720. The number of allylic oxidation sites excluding steroid dienone is 2. The third-order valence-electron chi connectivity index (χ3n) is 4.59. The van der Waals surface area contributed by atoms with Gasteiger partial charge in [0.2, 0.25) is 0 Å². The van der Waals surface area contributed by atoms with Gasteiger partial charge in [0.1, 0.15) is 5.76 Å². The van der Waals surface area contributed by atoms with E-state index in [1.54, 1.807) is 6.08 Å². The molecule has 0 aliphatic heterocycles. The Balaban J connectivity index is 2.31. The fourth-order valence-electron chi connectivity index (χ4n) is 2.95. The van der Waals surface area contributed by atoms with Crippen LogP contribution in [0.3, 0.4) is 0 Å². The van der Waals surface area contributed by atoms with Gasteiger partial charge in [0.25, 0.3) is 0 Å². The Morgan fingerprint density at radius 1 is 1.33 bits per heavy atom. The Labute approximate surface area is 104 Å². The van der Waals surface area contributed by atoms with E-state index < -0.39 is 15.6 Å². The largest absolute Gasteiger partial charge is 0.534 e. The van der Waals surface area contributed by atoms with Crippen LogP contribution in [0, 0.1) is 16.7 Å². The van der Waals surface area contributed by atoms with Gasteiger partial charge >= 0.3 is 15.6 Å². The number of halogens is 3. The molecule has 0 aromatic rings. The quantitative estimate of drug-likeness (QED) is 0.577. The molecule has 0 heterocycles. The molecular weight excluding hydrogens is 269 g/mol. The van der Waals surface area contributed by atoms with Gasteiger partial charge in [-0.1, -0.05) is 20.8 Å². The normalized spacial score (nSPS) is 34.6. The molecule has 7 heteroatoms. The third kappa shape index (κ3) is 1.66. The van der Waals surface area contributed by atoms with Crippen LogP contribution in [0.15, 0.2) is 11.8 Å². The van der Waals surface area contributed by atoms with Crippen molar-refractivity contribution in [2.75, 3.05) is 0 Å². The summed E-state index contributed by atoms with van der Waals surface area (Å²) in [7, 11) is -5.55. The highest BCUT2D eigenvalue weighted by Gasteiger charge is 2.59. The summed E-state index contributed by atoms with van der Waals surface area (Å²) in [5.41, 5.74) is -5.95. The maximum atomic E-state index is 12.3. The molecule has 0 radical (unpaired) electrons. The summed E-state index contributed by atoms with van der Waals surface area (Å²) >= 11 is 0. The van der Waals surface area contributed by atoms with E-state index in [0.29, 0.717) is 6.42 Å². The predicted octanol–water partition coefficient (Wildman–Crippen LogP) is 3.19. The summed E-state index contributed by atoms with van der Waals surface area (Å²) in [4.78, 5) is 0. The zero-order valence-corrected chi connectivity index (χ0v) is 11.2. The van der Waals surface area contributed by atoms with Crippen molar-refractivity contribution in [3.05, 3.63) is 11.8 Å². The first-order valence-corrected chi connectivity index (χ1v) is 7.05. The highest BCUT2D eigenvalue weighted by Crippen LogP contribution is 2.64. The average molecular weight is 284 g/mol. The topological polar surface area (TPSA) is 43.4 Å². The molecular formula is C11H15F3O3S. The van der Waals surface area contributed by atoms with E-state index in [1.807, 2.05) is 20.8 Å². The second-order valence-electron chi connectivity index (χ2n) is 5.76. The molecule has 0 spiro atoms. The predicted molar refractivity (Wildman–Crippen MR) is 58.8 cm³/mol. The van der Waals surface area contributed by atoms with Crippen LogP contribution in [0.1, 0.15) is 33.6 Å². The minimum atomic E-state index is -5.55. The molecule has 18 heavy (non-hydrogen) atoms. The molecule has 0 N–H and O–H groups in total. The highest BCUT2D eigenvalue weighted by molar-refractivity contribution is 7.87. The fraction of sp³-hybridized carbons (Fsp3) is 0.818. The molecule has 0 aromatic heterocycles. The highest BCUT2D eigenvalue weighted by atomic mass is 32.2. The number of hydrogen-bond acceptors (Lipinski definition) is 3. The van der Waals surface area contributed by atoms with E-state index in [9.17, 15) is 21.6 Å². The molecule has 0 unspecified atom stereocenters. The lowest BCUT2D eigenvalue weighted by Gasteiger charge is -2.33. The van der Waals surface area contributed by atoms with Crippen LogP contribution in [-0.4, -0.2) is 13.9 Å². The number of hydrogen-bond donors (Lipinski definition) is 0. The molecule has 1 saturated carbocycles. The standard InChI is InChI=1S/C11H15F3O3S/c1-9(2)7-4-5-10(9,3)6-8(7)17-18(15,16)11(12,13)14/h6-7H,4-5H2,1-3H3/t7-,10-/m0/s1. The number of fused-ring (bicyclic) bond motifs is 2. The van der Waals surface area contributed by atoms with Crippen LogP contribution < -0.4 is 0 Å². The smallest absolute Gasteiger partial charge is 0.381 e. The van der Waals surface area contributed by atoms with Crippen molar-refractivity contribution in [1.29, 1.82) is 0 Å². The second kappa shape index (κ2) is 3.43. The first kappa shape index (κ1) is 13.7. The summed E-state index contributed by atoms with van der Waals surface area (Å²) < 4.78 is 63.2. The molecule has 0 amide bonds. The summed E-state index contributed by atoms with van der Waals surface area (Å²) in [5.74, 6) is -0.314. The van der Waals surface area contributed by atoms with Crippen molar-refractivity contribution in [3.63, 3.8) is 0 Å². The van der Waals surface area contributed by atoms with Crippen LogP contribution >= 0.6 is 0 Å². The lowest BCUT2D eigenvalue weighted by atomic mass is 9.70. The van der Waals surface area contributed by atoms with Crippen molar-refractivity contribution >= 4 is 10.1 Å². The van der Waals surface area contributed by atoms with Gasteiger partial charge < -0.3 is 4.18 Å². The van der Waals surface area contributed by atoms with Gasteiger partial charge in [0.15, 0.2) is 0 Å². The molecule has 2 aliphatic rings. The van der Waals surface area contributed by atoms with Crippen LogP contribution in [-0.2, 0) is 14.3 Å². The van der Waals surface area contributed by atoms with Crippen LogP contribution in [0.25, 0.3) is 0 Å². The van der Waals surface area contributed by atoms with E-state index in [4.69, 9.17) is 0 Å². The van der Waals surface area contributed by atoms with Crippen molar-refractivity contribution in [3.8, 4) is 0 Å². The van der Waals surface area contributed by atoms with Crippen molar-refractivity contribution < 1.29 is 25.8 Å². The lowest BCUT2D eigenvalue weighted by Crippen LogP contribution is -2.29. The van der Waals surface area contributed by atoms with Gasteiger partial charge in [-0.05, 0) is 29.7 Å². The number of alkyl halides is 3. The first-order valence-electron chi connectivity index (χ1n) is 5.64. The van der Waals surface area contributed by atoms with Gasteiger partial charge in [0, 0.05) is 5.92 Å². The van der Waals surface area contributed by atoms with Crippen molar-refractivity contribution in [1.82, 2.24) is 0 Å². The van der Waals surface area contributed by atoms with E-state index in [-0.39, 0.29) is 22.5 Å². The van der Waals surface area contributed by atoms with Gasteiger partial charge in [-0.15, -0.1) is 0 Å². The SMILES string of the molecule is CC1(C)[C@H]2CC[C@@]1(C)C=C2OS(=O)(=O)C(F)(F)F. The van der Waals surface area contributed by atoms with Gasteiger partial charge in [-0.25, -0.2) is 0 Å². The molecule has 2 atom stereocenters. The maximum absolute atomic E-state index is 12.3. The molecule has 104 valence electrons. The Bertz CT molecular complexity index is 504. The van der Waals surface area contributed by atoms with E-state index in [2.05, 4.69) is 4.18 Å². The molecule has 2 bridgehead atoms. The summed E-state index contributed by atoms with van der Waals surface area (Å²) in [5, 5.41) is 0. The number of rotatable bonds is 2. The summed E-state index contributed by atoms with van der Waals surface area (Å²) in [6, 6.07) is 0. The Morgan fingerprint density at radius 2 is 1.89 bits per heavy atom. The molecule has 2 aliphatic carbocycles. The van der Waals surface area contributed by atoms with Gasteiger partial charge in [-0.3, -0.25) is 0 Å². The van der Waals surface area contributed by atoms with Gasteiger partial charge in [-0.2, -0.15) is 21.6 Å². The minimum Gasteiger partial charge on any atom is -0.381 e. The maximum Gasteiger partial charge on any atom is 0.534 e. The van der Waals surface area contributed by atoms with Crippen LogP contribution in [0.2, 0.25) is 0 Å². The molecule has 0 saturated heterocycles. The fourth-order valence-corrected chi connectivity index (χ4v) is 3.46. The van der Waals surface area contributed by atoms with E-state index in [1.165, 1.54) is 0 Å². The zero-order chi connectivity index (χ0) is 14.0. The van der Waals surface area contributed by atoms with Gasteiger partial charge in [0.05, 0.1) is 0 Å². The Morgan fingerprint density at radius 3 is 2.22 bits per heavy atom. The summed E-state index contributed by atoms with van der Waals surface area (Å²) in [6.45, 7) is 5.78. The van der Waals surface area contributed by atoms with Crippen molar-refractivity contribution in [2.24, 2.45) is 16.7 Å². The molecule has 2 rings (SSSR count). The summed E-state index contributed by atoms with van der Waals surface area (Å²) in [6.07, 6.45) is 3.04. The molecule has 1 fully saturated rings. The molecule has 3 nitrogen and oxygen atoms in total. The van der Waals surface area contributed by atoms with Crippen molar-refractivity contribution in [2.45, 2.75) is 39.1 Å². The van der Waals surface area contributed by atoms with E-state index in [0.717, 1.165) is 6.42 Å². The lowest BCUT2D eigenvalue weighted by molar-refractivity contribution is -0.0528. The second-order valence-corrected chi connectivity index (χ2v) is 7.30. The molecule has 0 aromatic carbocycles. The van der Waals surface area contributed by atoms with Crippen LogP contribution in [0.4, 0.5) is 13.2 Å². The third-order valence-corrected chi connectivity index (χ3v) is 5.57. The van der Waals surface area contributed by atoms with Crippen LogP contribution in [0.5, 0.6) is 0 Å². The Kier molecular flexibility index (Phi) is 2.61. The minimum absolute atomic E-state index is 0.0499. The zero-order valence-electron chi connectivity index (χ0n) is 10.3. The van der Waals surface area contributed by atoms with E-state index >= 15 is 0 Å². The average Bonchev–Trinajstić information content (AvgIpc) is 2.44. The monoisotopic (exact) mass is 284 g/mol.